The molecule has 27 heavy (non-hydrogen) atoms. The lowest BCUT2D eigenvalue weighted by atomic mass is 10.2. The summed E-state index contributed by atoms with van der Waals surface area (Å²) in [4.78, 5) is 19.9. The van der Waals surface area contributed by atoms with Crippen molar-refractivity contribution in [2.75, 3.05) is 5.75 Å². The van der Waals surface area contributed by atoms with Crippen LogP contribution in [-0.2, 0) is 11.3 Å². The molecule has 0 saturated heterocycles. The maximum Gasteiger partial charge on any atom is 0.250 e. The first-order valence-corrected chi connectivity index (χ1v) is 9.71. The maximum atomic E-state index is 12.1. The van der Waals surface area contributed by atoms with Crippen molar-refractivity contribution in [2.24, 2.45) is 5.10 Å². The van der Waals surface area contributed by atoms with Crippen molar-refractivity contribution >= 4 is 45.8 Å². The summed E-state index contributed by atoms with van der Waals surface area (Å²) in [5.41, 5.74) is 6.59. The Labute approximate surface area is 160 Å². The molecule has 0 saturated carbocycles. The Morgan fingerprint density at radius 2 is 2.07 bits per heavy atom. The van der Waals surface area contributed by atoms with Crippen LogP contribution in [0.2, 0.25) is 0 Å². The Bertz CT molecular complexity index is 1130. The highest BCUT2D eigenvalue weighted by molar-refractivity contribution is 7.99. The van der Waals surface area contributed by atoms with Gasteiger partial charge in [0, 0.05) is 29.2 Å². The molecule has 4 rings (SSSR count). The number of rotatable bonds is 6. The summed E-state index contributed by atoms with van der Waals surface area (Å²) >= 11 is 1.42. The first-order valence-electron chi connectivity index (χ1n) is 8.72. The summed E-state index contributed by atoms with van der Waals surface area (Å²) in [6.45, 7) is 2.88. The van der Waals surface area contributed by atoms with Gasteiger partial charge in [-0.25, -0.2) is 10.4 Å². The number of imidazole rings is 1. The number of aryl methyl sites for hydroxylation is 1. The van der Waals surface area contributed by atoms with Crippen molar-refractivity contribution in [3.63, 3.8) is 0 Å². The average Bonchev–Trinajstić information content (AvgIpc) is 3.27. The molecule has 2 heterocycles. The number of benzene rings is 2. The molecule has 0 radical (unpaired) electrons. The van der Waals surface area contributed by atoms with Gasteiger partial charge in [0.2, 0.25) is 0 Å². The summed E-state index contributed by atoms with van der Waals surface area (Å²) in [6.07, 6.45) is 3.53. The standard InChI is InChI=1S/C20H19N5OS/c1-2-25-18-10-6-5-9-17(18)23-20(25)27-13-19(26)24-22-12-14-11-21-16-8-4-3-7-15(14)16/h3-12,21H,2,13H2,1H3,(H,24,26)/b22-12-. The summed E-state index contributed by atoms with van der Waals surface area (Å²) in [7, 11) is 0. The Balaban J connectivity index is 1.39. The van der Waals surface area contributed by atoms with E-state index in [0.29, 0.717) is 0 Å². The molecule has 2 N–H and O–H groups in total. The van der Waals surface area contributed by atoms with Crippen LogP contribution in [0.4, 0.5) is 0 Å². The average molecular weight is 377 g/mol. The quantitative estimate of drug-likeness (QED) is 0.305. The Morgan fingerprint density at radius 3 is 2.96 bits per heavy atom. The van der Waals surface area contributed by atoms with E-state index in [2.05, 4.69) is 32.0 Å². The molecule has 0 spiro atoms. The molecule has 1 amide bonds. The van der Waals surface area contributed by atoms with Crippen LogP contribution in [0.25, 0.3) is 21.9 Å². The summed E-state index contributed by atoms with van der Waals surface area (Å²) in [5, 5.41) is 5.99. The molecule has 7 heteroatoms. The number of thioether (sulfide) groups is 1. The number of fused-ring (bicyclic) bond motifs is 2. The van der Waals surface area contributed by atoms with Gasteiger partial charge in [0.25, 0.3) is 5.91 Å². The molecule has 0 fully saturated rings. The fraction of sp³-hybridized carbons (Fsp3) is 0.150. The molecule has 4 aromatic rings. The molecule has 0 aliphatic carbocycles. The Hall–Kier alpha value is -3.06. The van der Waals surface area contributed by atoms with Gasteiger partial charge in [-0.3, -0.25) is 4.79 Å². The zero-order chi connectivity index (χ0) is 18.6. The Kier molecular flexibility index (Phi) is 4.93. The van der Waals surface area contributed by atoms with Gasteiger partial charge in [-0.15, -0.1) is 0 Å². The molecule has 0 atom stereocenters. The number of hydrogen-bond acceptors (Lipinski definition) is 4. The van der Waals surface area contributed by atoms with Gasteiger partial charge in [-0.05, 0) is 25.1 Å². The molecule has 2 aromatic heterocycles. The van der Waals surface area contributed by atoms with Crippen molar-refractivity contribution in [3.05, 3.63) is 60.3 Å². The number of H-pyrrole nitrogens is 1. The predicted molar refractivity (Wildman–Crippen MR) is 110 cm³/mol. The maximum absolute atomic E-state index is 12.1. The van der Waals surface area contributed by atoms with E-state index in [1.54, 1.807) is 6.21 Å². The van der Waals surface area contributed by atoms with Gasteiger partial charge in [0.15, 0.2) is 5.16 Å². The lowest BCUT2D eigenvalue weighted by Crippen LogP contribution is -2.20. The number of aromatic nitrogens is 3. The largest absolute Gasteiger partial charge is 0.361 e. The van der Waals surface area contributed by atoms with Crippen LogP contribution in [-0.4, -0.2) is 32.4 Å². The first kappa shape index (κ1) is 17.4. The van der Waals surface area contributed by atoms with Crippen LogP contribution in [0.15, 0.2) is 65.0 Å². The molecule has 0 bridgehead atoms. The zero-order valence-corrected chi connectivity index (χ0v) is 15.7. The minimum absolute atomic E-state index is 0.161. The monoisotopic (exact) mass is 377 g/mol. The number of hydrazone groups is 1. The number of carbonyl (C=O) groups is 1. The van der Waals surface area contributed by atoms with Crippen LogP contribution in [0, 0.1) is 0 Å². The van der Waals surface area contributed by atoms with E-state index in [0.717, 1.165) is 39.2 Å². The molecule has 136 valence electrons. The van der Waals surface area contributed by atoms with Gasteiger partial charge < -0.3 is 9.55 Å². The highest BCUT2D eigenvalue weighted by Crippen LogP contribution is 2.23. The zero-order valence-electron chi connectivity index (χ0n) is 14.8. The van der Waals surface area contributed by atoms with E-state index in [1.807, 2.05) is 54.7 Å². The number of para-hydroxylation sites is 3. The molecule has 0 aliphatic heterocycles. The lowest BCUT2D eigenvalue weighted by molar-refractivity contribution is -0.118. The van der Waals surface area contributed by atoms with E-state index in [9.17, 15) is 4.79 Å². The predicted octanol–water partition coefficient (Wildman–Crippen LogP) is 3.78. The molecule has 0 unspecified atom stereocenters. The minimum Gasteiger partial charge on any atom is -0.361 e. The molecule has 2 aromatic carbocycles. The number of nitrogens with one attached hydrogen (secondary N) is 2. The third-order valence-corrected chi connectivity index (χ3v) is 5.26. The number of amides is 1. The van der Waals surface area contributed by atoms with Crippen molar-refractivity contribution in [2.45, 2.75) is 18.6 Å². The van der Waals surface area contributed by atoms with Gasteiger partial charge in [0.1, 0.15) is 0 Å². The minimum atomic E-state index is -0.161. The third kappa shape index (κ3) is 3.59. The van der Waals surface area contributed by atoms with Crippen LogP contribution in [0.5, 0.6) is 0 Å². The van der Waals surface area contributed by atoms with Gasteiger partial charge in [0.05, 0.1) is 23.0 Å². The van der Waals surface area contributed by atoms with E-state index in [1.165, 1.54) is 11.8 Å². The SMILES string of the molecule is CCn1c(SCC(=O)N/N=C\c2c[nH]c3ccccc23)nc2ccccc21. The first-order chi connectivity index (χ1) is 13.3. The third-order valence-electron chi connectivity index (χ3n) is 4.28. The van der Waals surface area contributed by atoms with E-state index in [-0.39, 0.29) is 11.7 Å². The molecular formula is C20H19N5OS. The molecule has 0 aliphatic rings. The second-order valence-corrected chi connectivity index (χ2v) is 6.94. The van der Waals surface area contributed by atoms with Crippen LogP contribution < -0.4 is 5.43 Å². The summed E-state index contributed by atoms with van der Waals surface area (Å²) in [5.74, 6) is 0.0972. The number of nitrogens with zero attached hydrogens (tertiary/aromatic N) is 3. The van der Waals surface area contributed by atoms with Crippen LogP contribution >= 0.6 is 11.8 Å². The highest BCUT2D eigenvalue weighted by atomic mass is 32.2. The normalized spacial score (nSPS) is 11.6. The Morgan fingerprint density at radius 1 is 1.26 bits per heavy atom. The number of carbonyl (C=O) groups excluding carboxylic acids is 1. The highest BCUT2D eigenvalue weighted by Gasteiger charge is 2.11. The van der Waals surface area contributed by atoms with Crippen LogP contribution in [0.1, 0.15) is 12.5 Å². The van der Waals surface area contributed by atoms with Crippen LogP contribution in [0.3, 0.4) is 0 Å². The molecule has 6 nitrogen and oxygen atoms in total. The lowest BCUT2D eigenvalue weighted by Gasteiger charge is -2.04. The van der Waals surface area contributed by atoms with Gasteiger partial charge >= 0.3 is 0 Å². The fourth-order valence-corrected chi connectivity index (χ4v) is 3.88. The topological polar surface area (TPSA) is 75.1 Å². The van der Waals surface area contributed by atoms with Crippen molar-refractivity contribution in [3.8, 4) is 0 Å². The molecular weight excluding hydrogens is 358 g/mol. The second kappa shape index (κ2) is 7.67. The van der Waals surface area contributed by atoms with Crippen molar-refractivity contribution in [1.82, 2.24) is 20.0 Å². The van der Waals surface area contributed by atoms with E-state index < -0.39 is 0 Å². The van der Waals surface area contributed by atoms with Crippen molar-refractivity contribution in [1.29, 1.82) is 0 Å². The van der Waals surface area contributed by atoms with E-state index >= 15 is 0 Å². The fourth-order valence-electron chi connectivity index (χ4n) is 3.01. The second-order valence-electron chi connectivity index (χ2n) is 6.00. The summed E-state index contributed by atoms with van der Waals surface area (Å²) < 4.78 is 2.11. The number of aromatic amines is 1. The van der Waals surface area contributed by atoms with Gasteiger partial charge in [-0.1, -0.05) is 42.1 Å². The van der Waals surface area contributed by atoms with Crippen molar-refractivity contribution < 1.29 is 4.79 Å². The van der Waals surface area contributed by atoms with Gasteiger partial charge in [-0.2, -0.15) is 5.10 Å². The number of hydrogen-bond donors (Lipinski definition) is 2. The van der Waals surface area contributed by atoms with E-state index in [4.69, 9.17) is 0 Å². The smallest absolute Gasteiger partial charge is 0.250 e. The summed E-state index contributed by atoms with van der Waals surface area (Å²) in [6, 6.07) is 16.0.